The molecule has 0 N–H and O–H groups in total. The van der Waals surface area contributed by atoms with E-state index in [1.165, 1.54) is 30.4 Å². The molecule has 0 saturated heterocycles. The van der Waals surface area contributed by atoms with Crippen LogP contribution < -0.4 is 0 Å². The van der Waals surface area contributed by atoms with E-state index in [-0.39, 0.29) is 11.8 Å². The van der Waals surface area contributed by atoms with Gasteiger partial charge >= 0.3 is 0 Å². The number of fused-ring (bicyclic) bond motifs is 1. The first-order chi connectivity index (χ1) is 15.8. The zero-order valence-electron chi connectivity index (χ0n) is 18.7. The molecule has 0 bridgehead atoms. The van der Waals surface area contributed by atoms with Gasteiger partial charge in [-0.2, -0.15) is 0 Å². The van der Waals surface area contributed by atoms with Gasteiger partial charge in [0.2, 0.25) is 0 Å². The van der Waals surface area contributed by atoms with Crippen molar-refractivity contribution in [1.82, 2.24) is 9.88 Å². The average molecular weight is 429 g/mol. The van der Waals surface area contributed by atoms with Gasteiger partial charge in [-0.25, -0.2) is 0 Å². The number of nitrogens with zero attached hydrogens (tertiary/aromatic N) is 2. The lowest BCUT2D eigenvalue weighted by Gasteiger charge is -2.29. The summed E-state index contributed by atoms with van der Waals surface area (Å²) in [5, 5.41) is 1.15. The van der Waals surface area contributed by atoms with Crippen molar-refractivity contribution in [2.75, 3.05) is 19.6 Å². The molecule has 166 valence electrons. The van der Waals surface area contributed by atoms with Crippen LogP contribution in [0.25, 0.3) is 16.5 Å². The highest BCUT2D eigenvalue weighted by Crippen LogP contribution is 2.32. The van der Waals surface area contributed by atoms with Gasteiger partial charge in [0.1, 0.15) is 11.4 Å². The Morgan fingerprint density at radius 3 is 2.81 bits per heavy atom. The van der Waals surface area contributed by atoms with Crippen LogP contribution in [0.1, 0.15) is 62.1 Å². The highest BCUT2D eigenvalue weighted by Gasteiger charge is 2.30. The van der Waals surface area contributed by atoms with E-state index in [1.807, 2.05) is 30.5 Å². The lowest BCUT2D eigenvalue weighted by Crippen LogP contribution is -2.33. The predicted octanol–water partition coefficient (Wildman–Crippen LogP) is 6.24. The fraction of sp³-hybridized carbons (Fsp3) is 0.429. The van der Waals surface area contributed by atoms with Crippen LogP contribution in [0.5, 0.6) is 0 Å². The summed E-state index contributed by atoms with van der Waals surface area (Å²) >= 11 is 0. The molecule has 1 aliphatic heterocycles. The smallest absolute Gasteiger partial charge is 0.145 e. The number of ketones is 1. The van der Waals surface area contributed by atoms with E-state index in [0.717, 1.165) is 62.0 Å². The zero-order chi connectivity index (χ0) is 21.8. The van der Waals surface area contributed by atoms with Crippen molar-refractivity contribution in [3.05, 3.63) is 72.3 Å². The fourth-order valence-corrected chi connectivity index (χ4v) is 5.33. The summed E-state index contributed by atoms with van der Waals surface area (Å²) in [5.74, 6) is 0.564. The minimum absolute atomic E-state index is 0.0777. The summed E-state index contributed by atoms with van der Waals surface area (Å²) in [6, 6.07) is 14.5. The van der Waals surface area contributed by atoms with E-state index in [4.69, 9.17) is 4.42 Å². The normalized spacial score (nSPS) is 19.1. The Hall–Kier alpha value is -2.72. The van der Waals surface area contributed by atoms with Gasteiger partial charge in [-0.1, -0.05) is 43.5 Å². The van der Waals surface area contributed by atoms with Gasteiger partial charge < -0.3 is 4.42 Å². The molecule has 2 aromatic heterocycles. The van der Waals surface area contributed by atoms with E-state index < -0.39 is 0 Å². The maximum Gasteiger partial charge on any atom is 0.145 e. The summed E-state index contributed by atoms with van der Waals surface area (Å²) in [7, 11) is 0. The molecule has 1 aliphatic carbocycles. The quantitative estimate of drug-likeness (QED) is 0.447. The van der Waals surface area contributed by atoms with Crippen LogP contribution in [-0.4, -0.2) is 35.3 Å². The molecule has 4 heteroatoms. The second-order valence-electron chi connectivity index (χ2n) is 9.29. The number of carbonyl (C=O) groups excluding carboxylic acids is 1. The molecule has 0 radical (unpaired) electrons. The molecule has 3 aromatic rings. The molecule has 1 atom stereocenters. The molecule has 1 fully saturated rings. The predicted molar refractivity (Wildman–Crippen MR) is 128 cm³/mol. The van der Waals surface area contributed by atoms with E-state index in [0.29, 0.717) is 5.78 Å². The number of Topliss-reactive ketones (excluding diaryl/α,β-unsaturated/α-hetero) is 1. The third kappa shape index (κ3) is 4.71. The van der Waals surface area contributed by atoms with Crippen molar-refractivity contribution >= 4 is 22.3 Å². The minimum Gasteiger partial charge on any atom is -0.464 e. The molecule has 0 spiro atoms. The number of pyridine rings is 1. The van der Waals surface area contributed by atoms with Gasteiger partial charge in [0, 0.05) is 30.6 Å². The van der Waals surface area contributed by atoms with E-state index >= 15 is 0 Å². The Morgan fingerprint density at radius 2 is 2.03 bits per heavy atom. The standard InChI is InChI=1S/C28H32N2O2/c31-28(23-6-2-1-3-7-23)25(26-8-4-5-15-29-26)13-18-30-16-11-21(12-17-30)24-10-9-22-14-19-32-27(22)20-24/h4-5,8-11,14-15,19-20,23,25H,1-3,6-7,12-13,16-18H2. The Labute approximate surface area is 190 Å². The third-order valence-electron chi connectivity index (χ3n) is 7.25. The highest BCUT2D eigenvalue weighted by molar-refractivity contribution is 5.87. The van der Waals surface area contributed by atoms with E-state index in [2.05, 4.69) is 34.2 Å². The lowest BCUT2D eigenvalue weighted by molar-refractivity contribution is -0.125. The van der Waals surface area contributed by atoms with Crippen molar-refractivity contribution in [2.24, 2.45) is 5.92 Å². The van der Waals surface area contributed by atoms with Gasteiger partial charge in [-0.15, -0.1) is 0 Å². The first-order valence-electron chi connectivity index (χ1n) is 12.1. The van der Waals surface area contributed by atoms with Crippen molar-refractivity contribution in [2.45, 2.75) is 50.9 Å². The van der Waals surface area contributed by atoms with Gasteiger partial charge in [0.25, 0.3) is 0 Å². The summed E-state index contributed by atoms with van der Waals surface area (Å²) in [6.45, 7) is 2.88. The summed E-state index contributed by atoms with van der Waals surface area (Å²) in [5.41, 5.74) is 4.54. The molecular weight excluding hydrogens is 396 g/mol. The Morgan fingerprint density at radius 1 is 1.12 bits per heavy atom. The Balaban J connectivity index is 1.24. The van der Waals surface area contributed by atoms with Crippen molar-refractivity contribution in [3.63, 3.8) is 0 Å². The van der Waals surface area contributed by atoms with Gasteiger partial charge in [0.05, 0.1) is 17.9 Å². The van der Waals surface area contributed by atoms with Crippen LogP contribution in [0.2, 0.25) is 0 Å². The largest absolute Gasteiger partial charge is 0.464 e. The van der Waals surface area contributed by atoms with Crippen molar-refractivity contribution < 1.29 is 9.21 Å². The fourth-order valence-electron chi connectivity index (χ4n) is 5.33. The molecule has 5 rings (SSSR count). The maximum atomic E-state index is 13.4. The number of furan rings is 1. The van der Waals surface area contributed by atoms with Crippen LogP contribution in [0.3, 0.4) is 0 Å². The first kappa shape index (κ1) is 21.1. The molecule has 1 saturated carbocycles. The van der Waals surface area contributed by atoms with Crippen LogP contribution in [-0.2, 0) is 4.79 Å². The number of carbonyl (C=O) groups is 1. The number of benzene rings is 1. The number of aromatic nitrogens is 1. The Kier molecular flexibility index (Phi) is 6.49. The highest BCUT2D eigenvalue weighted by atomic mass is 16.3. The van der Waals surface area contributed by atoms with Crippen LogP contribution >= 0.6 is 0 Å². The molecule has 1 aromatic carbocycles. The molecule has 4 nitrogen and oxygen atoms in total. The second kappa shape index (κ2) is 9.83. The number of hydrogen-bond donors (Lipinski definition) is 0. The average Bonchev–Trinajstić information content (AvgIpc) is 3.34. The Bertz CT molecular complexity index is 1080. The first-order valence-corrected chi connectivity index (χ1v) is 12.1. The van der Waals surface area contributed by atoms with E-state index in [9.17, 15) is 4.79 Å². The second-order valence-corrected chi connectivity index (χ2v) is 9.29. The summed E-state index contributed by atoms with van der Waals surface area (Å²) in [6.07, 6.45) is 13.5. The van der Waals surface area contributed by atoms with E-state index in [1.54, 1.807) is 6.26 Å². The van der Waals surface area contributed by atoms with Crippen molar-refractivity contribution in [3.8, 4) is 0 Å². The number of hydrogen-bond acceptors (Lipinski definition) is 4. The summed E-state index contributed by atoms with van der Waals surface area (Å²) in [4.78, 5) is 20.5. The SMILES string of the molecule is O=C(C1CCCCC1)C(CCN1CC=C(c2ccc3ccoc3c2)CC1)c1ccccn1. The minimum atomic E-state index is -0.0777. The molecule has 1 unspecified atom stereocenters. The molecule has 2 aliphatic rings. The molecule has 3 heterocycles. The van der Waals surface area contributed by atoms with Crippen molar-refractivity contribution in [1.29, 1.82) is 0 Å². The number of rotatable bonds is 7. The van der Waals surface area contributed by atoms with Gasteiger partial charge in [-0.05, 0) is 67.6 Å². The summed E-state index contributed by atoms with van der Waals surface area (Å²) < 4.78 is 5.57. The topological polar surface area (TPSA) is 46.3 Å². The third-order valence-corrected chi connectivity index (χ3v) is 7.25. The van der Waals surface area contributed by atoms with Gasteiger partial charge in [0.15, 0.2) is 0 Å². The molecular formula is C28H32N2O2. The van der Waals surface area contributed by atoms with Crippen LogP contribution in [0, 0.1) is 5.92 Å². The molecule has 0 amide bonds. The zero-order valence-corrected chi connectivity index (χ0v) is 18.7. The van der Waals surface area contributed by atoms with Crippen LogP contribution in [0.4, 0.5) is 0 Å². The molecule has 32 heavy (non-hydrogen) atoms. The van der Waals surface area contributed by atoms with Crippen LogP contribution in [0.15, 0.2) is 65.4 Å². The lowest BCUT2D eigenvalue weighted by atomic mass is 9.79. The maximum absolute atomic E-state index is 13.4. The monoisotopic (exact) mass is 428 g/mol. The van der Waals surface area contributed by atoms with Gasteiger partial charge in [-0.3, -0.25) is 14.7 Å².